The Labute approximate surface area is 328 Å². The fourth-order valence-corrected chi connectivity index (χ4v) is 8.34. The maximum atomic E-state index is 14.3. The van der Waals surface area contributed by atoms with E-state index in [-0.39, 0.29) is 37.1 Å². The first-order chi connectivity index (χ1) is 27.2. The van der Waals surface area contributed by atoms with Crippen molar-refractivity contribution < 1.29 is 24.2 Å². The van der Waals surface area contributed by atoms with Crippen LogP contribution in [0.3, 0.4) is 0 Å². The van der Waals surface area contributed by atoms with Crippen LogP contribution in [0.4, 0.5) is 4.79 Å². The summed E-state index contributed by atoms with van der Waals surface area (Å²) in [4.78, 5) is 46.8. The van der Waals surface area contributed by atoms with Crippen molar-refractivity contribution in [2.24, 2.45) is 11.8 Å². The number of likely N-dealkylation sites (N-methyl/N-ethyl adjacent to an activating group) is 1. The molecule has 1 amide bonds. The first-order valence-electron chi connectivity index (χ1n) is 19.2. The number of amides is 1. The number of ketones is 1. The van der Waals surface area contributed by atoms with Gasteiger partial charge in [0.2, 0.25) is 0 Å². The zero-order valence-corrected chi connectivity index (χ0v) is 32.0. The highest BCUT2D eigenvalue weighted by molar-refractivity contribution is 5.90. The molecule has 0 spiro atoms. The highest BCUT2D eigenvalue weighted by atomic mass is 16.6. The third kappa shape index (κ3) is 7.52. The normalized spacial score (nSPS) is 13.4. The molecular formula is C48H47N3O5. The van der Waals surface area contributed by atoms with Gasteiger partial charge in [-0.15, -0.1) is 0 Å². The van der Waals surface area contributed by atoms with Crippen LogP contribution in [0.25, 0.3) is 11.1 Å². The number of hydrogen-bond donors (Lipinski definition) is 1. The van der Waals surface area contributed by atoms with E-state index in [1.54, 1.807) is 13.4 Å². The summed E-state index contributed by atoms with van der Waals surface area (Å²) >= 11 is 0. The number of aromatic nitrogens is 2. The molecule has 7 rings (SSSR count). The van der Waals surface area contributed by atoms with Crippen LogP contribution in [0.5, 0.6) is 0 Å². The highest BCUT2D eigenvalue weighted by Crippen LogP contribution is 2.45. The predicted octanol–water partition coefficient (Wildman–Crippen LogP) is 9.22. The van der Waals surface area contributed by atoms with Crippen molar-refractivity contribution in [3.05, 3.63) is 186 Å². The summed E-state index contributed by atoms with van der Waals surface area (Å²) in [5.41, 5.74) is 7.20. The van der Waals surface area contributed by atoms with Crippen molar-refractivity contribution in [1.82, 2.24) is 14.5 Å². The second-order valence-corrected chi connectivity index (χ2v) is 15.1. The van der Waals surface area contributed by atoms with E-state index in [1.807, 2.05) is 98.9 Å². The van der Waals surface area contributed by atoms with Gasteiger partial charge in [-0.05, 0) is 51.3 Å². The lowest BCUT2D eigenvalue weighted by molar-refractivity contribution is -0.144. The van der Waals surface area contributed by atoms with Gasteiger partial charge in [-0.25, -0.2) is 9.78 Å². The minimum atomic E-state index is -1.03. The first kappa shape index (κ1) is 38.0. The number of carboxylic acid groups (broad SMARTS) is 1. The molecule has 0 fully saturated rings. The van der Waals surface area contributed by atoms with Gasteiger partial charge in [0.15, 0.2) is 5.78 Å². The number of nitrogens with zero attached hydrogens (tertiary/aromatic N) is 3. The standard InChI is InChI=1S/C48H47N3O5/c1-33(2)27-34(46(53)54)28-45(52)44(50(3)47(55)56-31-43-41-25-15-13-23-39(41)40-24-14-16-26-42(40)43)29-38-30-51(32-49-38)48(35-17-7-4-8-18-35,36-19-9-5-10-20-36)37-21-11-6-12-22-37/h4-26,30,32-34,43-44H,27-29,31H2,1-3H3,(H,53,54)/t34-,44+/m1/s1. The minimum Gasteiger partial charge on any atom is -0.481 e. The Balaban J connectivity index is 1.22. The zero-order valence-electron chi connectivity index (χ0n) is 32.0. The number of carboxylic acids is 1. The molecule has 0 aliphatic heterocycles. The van der Waals surface area contributed by atoms with E-state index < -0.39 is 29.6 Å². The molecule has 56 heavy (non-hydrogen) atoms. The van der Waals surface area contributed by atoms with E-state index >= 15 is 0 Å². The van der Waals surface area contributed by atoms with Crippen molar-refractivity contribution in [2.45, 2.75) is 50.6 Å². The van der Waals surface area contributed by atoms with Gasteiger partial charge in [-0.2, -0.15) is 0 Å². The summed E-state index contributed by atoms with van der Waals surface area (Å²) in [6.45, 7) is 3.96. The van der Waals surface area contributed by atoms with Crippen LogP contribution in [-0.2, 0) is 26.3 Å². The summed E-state index contributed by atoms with van der Waals surface area (Å²) in [5, 5.41) is 10.1. The minimum absolute atomic E-state index is 0.0645. The molecule has 6 aromatic rings. The number of fused-ring (bicyclic) bond motifs is 3. The highest BCUT2D eigenvalue weighted by Gasteiger charge is 2.39. The van der Waals surface area contributed by atoms with Gasteiger partial charge in [0.25, 0.3) is 0 Å². The van der Waals surface area contributed by atoms with Crippen molar-refractivity contribution in [1.29, 1.82) is 0 Å². The molecule has 0 saturated heterocycles. The number of aliphatic carboxylic acids is 1. The van der Waals surface area contributed by atoms with Crippen LogP contribution >= 0.6 is 0 Å². The molecule has 1 aromatic heterocycles. The Bertz CT molecular complexity index is 2140. The van der Waals surface area contributed by atoms with Crippen LogP contribution in [0.15, 0.2) is 152 Å². The molecule has 0 saturated carbocycles. The lowest BCUT2D eigenvalue weighted by Crippen LogP contribution is -2.45. The number of rotatable bonds is 15. The number of Topliss-reactive ketones (excluding diaryl/α,β-unsaturated/α-hetero) is 1. The third-order valence-electron chi connectivity index (χ3n) is 11.0. The fourth-order valence-electron chi connectivity index (χ4n) is 8.34. The first-order valence-corrected chi connectivity index (χ1v) is 19.2. The lowest BCUT2D eigenvalue weighted by Gasteiger charge is -2.37. The van der Waals surface area contributed by atoms with E-state index in [9.17, 15) is 19.5 Å². The molecule has 1 N–H and O–H groups in total. The number of carbonyl (C=O) groups is 3. The monoisotopic (exact) mass is 745 g/mol. The van der Waals surface area contributed by atoms with E-state index in [0.29, 0.717) is 12.1 Å². The molecule has 1 heterocycles. The SMILES string of the molecule is CC(C)C[C@H](CC(=O)[C@H](Cc1cn(C(c2ccccc2)(c2ccccc2)c2ccccc2)cn1)N(C)C(=O)OCC1c2ccccc2-c2ccccc21)C(=O)O. The van der Waals surface area contributed by atoms with E-state index in [1.165, 1.54) is 4.90 Å². The second kappa shape index (κ2) is 16.6. The number of carbonyl (C=O) groups excluding carboxylic acids is 2. The quantitative estimate of drug-likeness (QED) is 0.105. The number of ether oxygens (including phenoxy) is 1. The Morgan fingerprint density at radius 2 is 1.23 bits per heavy atom. The van der Waals surface area contributed by atoms with Crippen LogP contribution < -0.4 is 0 Å². The molecule has 284 valence electrons. The summed E-state index contributed by atoms with van der Waals surface area (Å²) < 4.78 is 8.08. The lowest BCUT2D eigenvalue weighted by atomic mass is 9.77. The Morgan fingerprint density at radius 3 is 1.71 bits per heavy atom. The molecule has 1 aliphatic rings. The summed E-state index contributed by atoms with van der Waals surface area (Å²) in [5.74, 6) is -2.37. The van der Waals surface area contributed by atoms with Crippen molar-refractivity contribution in [3.8, 4) is 11.1 Å². The van der Waals surface area contributed by atoms with Crippen LogP contribution in [0, 0.1) is 11.8 Å². The summed E-state index contributed by atoms with van der Waals surface area (Å²) in [7, 11) is 1.55. The van der Waals surface area contributed by atoms with Gasteiger partial charge >= 0.3 is 12.1 Å². The van der Waals surface area contributed by atoms with Crippen molar-refractivity contribution >= 4 is 17.8 Å². The molecule has 1 aliphatic carbocycles. The molecule has 8 nitrogen and oxygen atoms in total. The van der Waals surface area contributed by atoms with Gasteiger partial charge < -0.3 is 19.3 Å². The van der Waals surface area contributed by atoms with Gasteiger partial charge in [0.05, 0.1) is 24.0 Å². The fraction of sp³-hybridized carbons (Fsp3) is 0.250. The summed E-state index contributed by atoms with van der Waals surface area (Å²) in [6, 6.07) is 45.8. The molecule has 0 radical (unpaired) electrons. The van der Waals surface area contributed by atoms with Crippen LogP contribution in [-0.4, -0.2) is 57.1 Å². The van der Waals surface area contributed by atoms with Crippen LogP contribution in [0.1, 0.15) is 66.1 Å². The van der Waals surface area contributed by atoms with Gasteiger partial charge in [-0.1, -0.05) is 153 Å². The van der Waals surface area contributed by atoms with Gasteiger partial charge in [0.1, 0.15) is 12.1 Å². The molecule has 8 heteroatoms. The third-order valence-corrected chi connectivity index (χ3v) is 11.0. The Morgan fingerprint density at radius 1 is 0.750 bits per heavy atom. The summed E-state index contributed by atoms with van der Waals surface area (Å²) in [6.07, 6.45) is 3.23. The maximum absolute atomic E-state index is 14.3. The smallest absolute Gasteiger partial charge is 0.410 e. The van der Waals surface area contributed by atoms with E-state index in [0.717, 1.165) is 38.9 Å². The molecule has 5 aromatic carbocycles. The molecule has 0 bridgehead atoms. The Kier molecular flexibility index (Phi) is 11.3. The Hall–Kier alpha value is -6.28. The number of benzene rings is 5. The number of hydrogen-bond acceptors (Lipinski definition) is 5. The van der Waals surface area contributed by atoms with Crippen LogP contribution in [0.2, 0.25) is 0 Å². The molecule has 2 atom stereocenters. The maximum Gasteiger partial charge on any atom is 0.410 e. The van der Waals surface area contributed by atoms with E-state index in [2.05, 4.69) is 65.2 Å². The molecule has 0 unspecified atom stereocenters. The molecular weight excluding hydrogens is 699 g/mol. The predicted molar refractivity (Wildman–Crippen MR) is 217 cm³/mol. The second-order valence-electron chi connectivity index (χ2n) is 15.1. The topological polar surface area (TPSA) is 102 Å². The van der Waals surface area contributed by atoms with Gasteiger partial charge in [0, 0.05) is 32.0 Å². The number of imidazole rings is 1. The average molecular weight is 746 g/mol. The van der Waals surface area contributed by atoms with Crippen molar-refractivity contribution in [2.75, 3.05) is 13.7 Å². The van der Waals surface area contributed by atoms with E-state index in [4.69, 9.17) is 9.72 Å². The largest absolute Gasteiger partial charge is 0.481 e. The van der Waals surface area contributed by atoms with Crippen molar-refractivity contribution in [3.63, 3.8) is 0 Å². The van der Waals surface area contributed by atoms with Gasteiger partial charge in [-0.3, -0.25) is 9.59 Å². The average Bonchev–Trinajstić information content (AvgIpc) is 3.82. The zero-order chi connectivity index (χ0) is 39.2.